The second-order valence-electron chi connectivity index (χ2n) is 5.02. The molecule has 2 unspecified atom stereocenters. The lowest BCUT2D eigenvalue weighted by Gasteiger charge is -2.27. The first-order valence-electron chi connectivity index (χ1n) is 6.05. The Morgan fingerprint density at radius 2 is 1.94 bits per heavy atom. The summed E-state index contributed by atoms with van der Waals surface area (Å²) in [5.74, 6) is -1.32. The molecule has 0 saturated carbocycles. The number of carbonyl (C=O) groups is 1. The summed E-state index contributed by atoms with van der Waals surface area (Å²) in [5, 5.41) is 9.11. The van der Waals surface area contributed by atoms with Crippen LogP contribution in [-0.2, 0) is 14.4 Å². The van der Waals surface area contributed by atoms with Crippen LogP contribution in [-0.4, -0.2) is 30.5 Å². The van der Waals surface area contributed by atoms with Gasteiger partial charge in [0.25, 0.3) is 0 Å². The maximum atomic E-state index is 11.1. The van der Waals surface area contributed by atoms with Crippen LogP contribution in [0.2, 0.25) is 0 Å². The smallest absolute Gasteiger partial charge is 0.308 e. The molecule has 0 aliphatic carbocycles. The molecule has 0 saturated heterocycles. The van der Waals surface area contributed by atoms with E-state index in [9.17, 15) is 4.79 Å². The van der Waals surface area contributed by atoms with Crippen LogP contribution >= 0.6 is 0 Å². The molecule has 5 nitrogen and oxygen atoms in total. The van der Waals surface area contributed by atoms with Crippen molar-refractivity contribution < 1.29 is 19.5 Å². The maximum Gasteiger partial charge on any atom is 0.308 e. The molecule has 0 spiro atoms. The van der Waals surface area contributed by atoms with Crippen LogP contribution in [0, 0.1) is 11.3 Å². The molecule has 0 rings (SSSR count). The molecule has 0 heterocycles. The van der Waals surface area contributed by atoms with E-state index in [1.165, 1.54) is 0 Å². The van der Waals surface area contributed by atoms with Crippen molar-refractivity contribution in [1.82, 2.24) is 5.48 Å². The minimum absolute atomic E-state index is 0.266. The highest BCUT2D eigenvalue weighted by molar-refractivity contribution is 5.71. The van der Waals surface area contributed by atoms with Crippen LogP contribution in [0.1, 0.15) is 41.0 Å². The van der Waals surface area contributed by atoms with E-state index in [-0.39, 0.29) is 18.2 Å². The van der Waals surface area contributed by atoms with Crippen LogP contribution in [0.3, 0.4) is 0 Å². The Morgan fingerprint density at radius 1 is 1.35 bits per heavy atom. The highest BCUT2D eigenvalue weighted by atomic mass is 16.8. The van der Waals surface area contributed by atoms with Crippen molar-refractivity contribution in [3.63, 3.8) is 0 Å². The fourth-order valence-electron chi connectivity index (χ4n) is 1.41. The fourth-order valence-corrected chi connectivity index (χ4v) is 1.41. The van der Waals surface area contributed by atoms with Gasteiger partial charge in [-0.2, -0.15) is 5.48 Å². The van der Waals surface area contributed by atoms with Gasteiger partial charge in [-0.15, -0.1) is 0 Å². The van der Waals surface area contributed by atoms with Gasteiger partial charge >= 0.3 is 5.97 Å². The SMILES string of the molecule is CCOC(CC)ONCC(C(=O)O)C(C)(C)C. The Kier molecular flexibility index (Phi) is 7.34. The van der Waals surface area contributed by atoms with E-state index in [0.29, 0.717) is 13.0 Å². The Balaban J connectivity index is 4.10. The molecule has 0 aromatic carbocycles. The normalized spacial score (nSPS) is 15.6. The molecular weight excluding hydrogens is 222 g/mol. The molecule has 0 radical (unpaired) electrons. The van der Waals surface area contributed by atoms with Crippen molar-refractivity contribution in [3.8, 4) is 0 Å². The third-order valence-corrected chi connectivity index (χ3v) is 2.53. The lowest BCUT2D eigenvalue weighted by atomic mass is 9.81. The van der Waals surface area contributed by atoms with Crippen LogP contribution in [0.25, 0.3) is 0 Å². The Bertz CT molecular complexity index is 225. The zero-order chi connectivity index (χ0) is 13.5. The fraction of sp³-hybridized carbons (Fsp3) is 0.917. The lowest BCUT2D eigenvalue weighted by Crippen LogP contribution is -2.39. The highest BCUT2D eigenvalue weighted by Gasteiger charge is 2.31. The van der Waals surface area contributed by atoms with Gasteiger partial charge in [-0.1, -0.05) is 27.7 Å². The van der Waals surface area contributed by atoms with Gasteiger partial charge in [0, 0.05) is 13.2 Å². The van der Waals surface area contributed by atoms with Crippen molar-refractivity contribution in [3.05, 3.63) is 0 Å². The molecule has 2 atom stereocenters. The number of aliphatic carboxylic acids is 1. The number of carboxylic acid groups (broad SMARTS) is 1. The lowest BCUT2D eigenvalue weighted by molar-refractivity contribution is -0.184. The molecule has 0 aliphatic rings. The van der Waals surface area contributed by atoms with Gasteiger partial charge in [0.05, 0.1) is 5.92 Å². The van der Waals surface area contributed by atoms with Gasteiger partial charge in [0.15, 0.2) is 6.29 Å². The summed E-state index contributed by atoms with van der Waals surface area (Å²) in [6, 6.07) is 0. The molecular formula is C12H25NO4. The molecule has 102 valence electrons. The quantitative estimate of drug-likeness (QED) is 0.507. The van der Waals surface area contributed by atoms with E-state index in [1.807, 2.05) is 34.6 Å². The van der Waals surface area contributed by atoms with Gasteiger partial charge in [-0.25, -0.2) is 0 Å². The molecule has 0 aromatic rings. The summed E-state index contributed by atoms with van der Waals surface area (Å²) in [6.07, 6.45) is 0.392. The van der Waals surface area contributed by atoms with Gasteiger partial charge in [-0.3, -0.25) is 9.63 Å². The zero-order valence-electron chi connectivity index (χ0n) is 11.4. The van der Waals surface area contributed by atoms with Crippen LogP contribution in [0.15, 0.2) is 0 Å². The van der Waals surface area contributed by atoms with E-state index in [0.717, 1.165) is 0 Å². The summed E-state index contributed by atoms with van der Waals surface area (Å²) in [5.41, 5.74) is 2.39. The number of hydrogen-bond donors (Lipinski definition) is 2. The first-order chi connectivity index (χ1) is 7.82. The standard InChI is InChI=1S/C12H25NO4/c1-6-10(16-7-2)17-13-8-9(11(14)15)12(3,4)5/h9-10,13H,6-8H2,1-5H3,(H,14,15). The van der Waals surface area contributed by atoms with Gasteiger partial charge in [-0.05, 0) is 18.8 Å². The molecule has 0 amide bonds. The maximum absolute atomic E-state index is 11.1. The summed E-state index contributed by atoms with van der Waals surface area (Å²) in [6.45, 7) is 10.4. The van der Waals surface area contributed by atoms with Gasteiger partial charge in [0.1, 0.15) is 0 Å². The molecule has 0 fully saturated rings. The predicted molar refractivity (Wildman–Crippen MR) is 65.4 cm³/mol. The zero-order valence-corrected chi connectivity index (χ0v) is 11.4. The third kappa shape index (κ3) is 6.61. The molecule has 0 bridgehead atoms. The minimum Gasteiger partial charge on any atom is -0.481 e. The van der Waals surface area contributed by atoms with Crippen LogP contribution in [0.4, 0.5) is 0 Å². The molecule has 0 aromatic heterocycles. The summed E-state index contributed by atoms with van der Waals surface area (Å²) in [4.78, 5) is 16.4. The number of hydroxylamine groups is 1. The first-order valence-corrected chi connectivity index (χ1v) is 6.05. The topological polar surface area (TPSA) is 67.8 Å². The highest BCUT2D eigenvalue weighted by Crippen LogP contribution is 2.25. The Hall–Kier alpha value is -0.650. The van der Waals surface area contributed by atoms with Crippen molar-refractivity contribution >= 4 is 5.97 Å². The predicted octanol–water partition coefficient (Wildman–Crippen LogP) is 2.03. The summed E-state index contributed by atoms with van der Waals surface area (Å²) >= 11 is 0. The average molecular weight is 247 g/mol. The average Bonchev–Trinajstić information content (AvgIpc) is 2.20. The molecule has 0 aliphatic heterocycles. The number of carboxylic acids is 1. The van der Waals surface area contributed by atoms with Gasteiger partial charge < -0.3 is 9.84 Å². The molecule has 17 heavy (non-hydrogen) atoms. The van der Waals surface area contributed by atoms with Crippen molar-refractivity contribution in [1.29, 1.82) is 0 Å². The van der Waals surface area contributed by atoms with Crippen molar-refractivity contribution in [2.45, 2.75) is 47.3 Å². The van der Waals surface area contributed by atoms with Crippen LogP contribution < -0.4 is 5.48 Å². The largest absolute Gasteiger partial charge is 0.481 e. The first kappa shape index (κ1) is 16.4. The number of rotatable bonds is 8. The number of nitrogens with one attached hydrogen (secondary N) is 1. The number of ether oxygens (including phenoxy) is 1. The van der Waals surface area contributed by atoms with E-state index in [2.05, 4.69) is 5.48 Å². The van der Waals surface area contributed by atoms with Gasteiger partial charge in [0.2, 0.25) is 0 Å². The Labute approximate surface area is 103 Å². The second kappa shape index (κ2) is 7.63. The summed E-state index contributed by atoms with van der Waals surface area (Å²) in [7, 11) is 0. The van der Waals surface area contributed by atoms with Crippen LogP contribution in [0.5, 0.6) is 0 Å². The molecule has 2 N–H and O–H groups in total. The third-order valence-electron chi connectivity index (χ3n) is 2.53. The van der Waals surface area contributed by atoms with E-state index < -0.39 is 11.9 Å². The Morgan fingerprint density at radius 3 is 2.29 bits per heavy atom. The number of hydrogen-bond acceptors (Lipinski definition) is 4. The minimum atomic E-state index is -0.821. The van der Waals surface area contributed by atoms with E-state index in [1.54, 1.807) is 0 Å². The monoisotopic (exact) mass is 247 g/mol. The molecule has 5 heteroatoms. The summed E-state index contributed by atoms with van der Waals surface area (Å²) < 4.78 is 5.29. The second-order valence-corrected chi connectivity index (χ2v) is 5.02. The van der Waals surface area contributed by atoms with Crippen molar-refractivity contribution in [2.24, 2.45) is 11.3 Å². The van der Waals surface area contributed by atoms with E-state index >= 15 is 0 Å². The van der Waals surface area contributed by atoms with E-state index in [4.69, 9.17) is 14.7 Å². The van der Waals surface area contributed by atoms with Crippen molar-refractivity contribution in [2.75, 3.05) is 13.2 Å².